The van der Waals surface area contributed by atoms with Crippen molar-refractivity contribution < 1.29 is 4.79 Å². The summed E-state index contributed by atoms with van der Waals surface area (Å²) in [4.78, 5) is 11.5. The molecule has 1 nitrogen and oxygen atoms in total. The van der Waals surface area contributed by atoms with Gasteiger partial charge in [-0.05, 0) is 12.1 Å². The van der Waals surface area contributed by atoms with Crippen LogP contribution >= 0.6 is 38.9 Å². The maximum absolute atomic E-state index is 10.5. The summed E-state index contributed by atoms with van der Waals surface area (Å²) in [5.41, 5.74) is 0. The highest BCUT2D eigenvalue weighted by Gasteiger charge is 2.10. The van der Waals surface area contributed by atoms with Crippen LogP contribution in [-0.4, -0.2) is 11.6 Å². The van der Waals surface area contributed by atoms with Gasteiger partial charge in [0.25, 0.3) is 0 Å². The Morgan fingerprint density at radius 2 is 2.45 bits per heavy atom. The average molecular weight is 254 g/mol. The molecule has 0 fully saturated rings. The summed E-state index contributed by atoms with van der Waals surface area (Å²) < 4.78 is 0.729. The third-order valence-corrected chi connectivity index (χ3v) is 3.35. The van der Waals surface area contributed by atoms with Crippen molar-refractivity contribution in [1.82, 2.24) is 0 Å². The van der Waals surface area contributed by atoms with E-state index in [4.69, 9.17) is 11.6 Å². The topological polar surface area (TPSA) is 17.1 Å². The minimum absolute atomic E-state index is 0.0486. The number of halogens is 2. The van der Waals surface area contributed by atoms with Crippen LogP contribution in [0.2, 0.25) is 4.34 Å². The van der Waals surface area contributed by atoms with Crippen LogP contribution in [0.5, 0.6) is 0 Å². The number of hydrogen-bond acceptors (Lipinski definition) is 2. The number of thiophene rings is 1. The first kappa shape index (κ1) is 9.23. The fourth-order valence-corrected chi connectivity index (χ4v) is 2.54. The Kier molecular flexibility index (Phi) is 3.55. The highest BCUT2D eigenvalue weighted by atomic mass is 79.9. The van der Waals surface area contributed by atoms with Crippen molar-refractivity contribution in [2.75, 3.05) is 5.33 Å². The van der Waals surface area contributed by atoms with Crippen LogP contribution in [-0.2, 0) is 4.79 Å². The second-order valence-electron chi connectivity index (χ2n) is 2.04. The molecule has 0 aliphatic carbocycles. The monoisotopic (exact) mass is 252 g/mol. The lowest BCUT2D eigenvalue weighted by Gasteiger charge is -1.99. The van der Waals surface area contributed by atoms with Gasteiger partial charge in [-0.15, -0.1) is 11.3 Å². The fourth-order valence-electron chi connectivity index (χ4n) is 0.707. The lowest BCUT2D eigenvalue weighted by molar-refractivity contribution is -0.108. The summed E-state index contributed by atoms with van der Waals surface area (Å²) in [5, 5.41) is 0.660. The molecular formula is C7H6BrClOS. The Morgan fingerprint density at radius 3 is 2.82 bits per heavy atom. The van der Waals surface area contributed by atoms with Gasteiger partial charge in [-0.1, -0.05) is 27.5 Å². The lowest BCUT2D eigenvalue weighted by Crippen LogP contribution is -1.97. The van der Waals surface area contributed by atoms with Gasteiger partial charge < -0.3 is 4.79 Å². The molecule has 0 radical (unpaired) electrons. The second kappa shape index (κ2) is 4.24. The van der Waals surface area contributed by atoms with Gasteiger partial charge in [0, 0.05) is 10.2 Å². The van der Waals surface area contributed by atoms with Crippen molar-refractivity contribution in [2.24, 2.45) is 0 Å². The van der Waals surface area contributed by atoms with Crippen LogP contribution < -0.4 is 0 Å². The molecule has 1 aromatic rings. The quantitative estimate of drug-likeness (QED) is 0.598. The zero-order valence-corrected chi connectivity index (χ0v) is 8.75. The zero-order valence-electron chi connectivity index (χ0n) is 5.59. The summed E-state index contributed by atoms with van der Waals surface area (Å²) in [7, 11) is 0. The molecule has 0 saturated heterocycles. The summed E-state index contributed by atoms with van der Waals surface area (Å²) >= 11 is 10.4. The number of carbonyl (C=O) groups excluding carboxylic acids is 1. The summed E-state index contributed by atoms with van der Waals surface area (Å²) in [6.45, 7) is 0. The van der Waals surface area contributed by atoms with Gasteiger partial charge in [-0.25, -0.2) is 0 Å². The number of hydrogen-bond donors (Lipinski definition) is 0. The van der Waals surface area contributed by atoms with Crippen molar-refractivity contribution in [1.29, 1.82) is 0 Å². The van der Waals surface area contributed by atoms with E-state index >= 15 is 0 Å². The highest BCUT2D eigenvalue weighted by Crippen LogP contribution is 2.27. The first-order chi connectivity index (χ1) is 5.27. The Labute approximate surface area is 82.5 Å². The molecule has 1 atom stereocenters. The van der Waals surface area contributed by atoms with E-state index in [-0.39, 0.29) is 5.92 Å². The van der Waals surface area contributed by atoms with Gasteiger partial charge in [0.2, 0.25) is 0 Å². The third kappa shape index (κ3) is 2.29. The van der Waals surface area contributed by atoms with Crippen molar-refractivity contribution in [2.45, 2.75) is 5.92 Å². The number of alkyl halides is 1. The Hall–Kier alpha value is 0.140. The van der Waals surface area contributed by atoms with Crippen LogP contribution in [0.3, 0.4) is 0 Å². The molecule has 1 aromatic heterocycles. The van der Waals surface area contributed by atoms with E-state index in [1.807, 2.05) is 6.07 Å². The van der Waals surface area contributed by atoms with E-state index in [2.05, 4.69) is 15.9 Å². The molecule has 0 aromatic carbocycles. The van der Waals surface area contributed by atoms with E-state index in [9.17, 15) is 4.79 Å². The molecule has 0 amide bonds. The van der Waals surface area contributed by atoms with Gasteiger partial charge in [0.15, 0.2) is 0 Å². The molecule has 4 heteroatoms. The lowest BCUT2D eigenvalue weighted by atomic mass is 10.2. The van der Waals surface area contributed by atoms with E-state index < -0.39 is 0 Å². The Balaban J connectivity index is 2.81. The van der Waals surface area contributed by atoms with Gasteiger partial charge in [0.05, 0.1) is 10.3 Å². The van der Waals surface area contributed by atoms with Crippen molar-refractivity contribution in [3.05, 3.63) is 21.3 Å². The molecule has 0 bridgehead atoms. The van der Waals surface area contributed by atoms with Crippen molar-refractivity contribution in [3.63, 3.8) is 0 Å². The average Bonchev–Trinajstić information content (AvgIpc) is 2.39. The molecule has 60 valence electrons. The smallest absolute Gasteiger partial charge is 0.129 e. The second-order valence-corrected chi connectivity index (χ2v) is 4.43. The van der Waals surface area contributed by atoms with E-state index in [0.29, 0.717) is 5.33 Å². The first-order valence-electron chi connectivity index (χ1n) is 3.04. The molecule has 0 N–H and O–H groups in total. The number of rotatable bonds is 3. The molecule has 0 spiro atoms. The van der Waals surface area contributed by atoms with Crippen molar-refractivity contribution >= 4 is 45.2 Å². The van der Waals surface area contributed by atoms with Crippen molar-refractivity contribution in [3.8, 4) is 0 Å². The summed E-state index contributed by atoms with van der Waals surface area (Å²) in [6.07, 6.45) is 0.927. The molecule has 0 saturated carbocycles. The normalized spacial score (nSPS) is 12.9. The number of carbonyl (C=O) groups is 1. The van der Waals surface area contributed by atoms with Crippen LogP contribution in [0.15, 0.2) is 12.1 Å². The van der Waals surface area contributed by atoms with Crippen LogP contribution in [0.1, 0.15) is 10.8 Å². The molecular weight excluding hydrogens is 247 g/mol. The Morgan fingerprint density at radius 1 is 1.73 bits per heavy atom. The third-order valence-electron chi connectivity index (χ3n) is 1.29. The highest BCUT2D eigenvalue weighted by molar-refractivity contribution is 9.09. The van der Waals surface area contributed by atoms with Crippen LogP contribution in [0.25, 0.3) is 0 Å². The van der Waals surface area contributed by atoms with Crippen LogP contribution in [0, 0.1) is 0 Å². The largest absolute Gasteiger partial charge is 0.303 e. The van der Waals surface area contributed by atoms with Gasteiger partial charge in [0.1, 0.15) is 6.29 Å². The van der Waals surface area contributed by atoms with Gasteiger partial charge >= 0.3 is 0 Å². The maximum Gasteiger partial charge on any atom is 0.129 e. The minimum Gasteiger partial charge on any atom is -0.303 e. The summed E-state index contributed by atoms with van der Waals surface area (Å²) in [6, 6.07) is 3.69. The maximum atomic E-state index is 10.5. The molecule has 0 aliphatic heterocycles. The Bertz CT molecular complexity index is 248. The molecule has 1 heterocycles. The minimum atomic E-state index is -0.0486. The summed E-state index contributed by atoms with van der Waals surface area (Å²) in [5.74, 6) is -0.0486. The fraction of sp³-hybridized carbons (Fsp3) is 0.286. The van der Waals surface area contributed by atoms with E-state index in [1.54, 1.807) is 6.07 Å². The number of aldehydes is 1. The van der Waals surface area contributed by atoms with Gasteiger partial charge in [-0.2, -0.15) is 0 Å². The molecule has 0 aliphatic rings. The van der Waals surface area contributed by atoms with E-state index in [1.165, 1.54) is 11.3 Å². The molecule has 11 heavy (non-hydrogen) atoms. The zero-order chi connectivity index (χ0) is 8.27. The SMILES string of the molecule is O=CC(CBr)c1ccc(Cl)s1. The van der Waals surface area contributed by atoms with Crippen LogP contribution in [0.4, 0.5) is 0 Å². The van der Waals surface area contributed by atoms with E-state index in [0.717, 1.165) is 15.5 Å². The predicted molar refractivity (Wildman–Crippen MR) is 51.9 cm³/mol. The first-order valence-corrected chi connectivity index (χ1v) is 5.36. The standard InChI is InChI=1S/C7H6BrClOS/c8-3-5(4-10)6-1-2-7(9)11-6/h1-2,4-5H,3H2. The molecule has 1 rings (SSSR count). The van der Waals surface area contributed by atoms with Gasteiger partial charge in [-0.3, -0.25) is 0 Å². The predicted octanol–water partition coefficient (Wildman–Crippen LogP) is 3.08. The molecule has 1 unspecified atom stereocenters.